The molecule has 156 valence electrons. The van der Waals surface area contributed by atoms with Gasteiger partial charge in [-0.15, -0.1) is 16.9 Å². The molecule has 0 unspecified atom stereocenters. The van der Waals surface area contributed by atoms with Crippen molar-refractivity contribution in [1.82, 2.24) is 15.0 Å². The smallest absolute Gasteiger partial charge is 0.280 e. The molecule has 30 heavy (non-hydrogen) atoms. The lowest BCUT2D eigenvalue weighted by Gasteiger charge is -2.10. The van der Waals surface area contributed by atoms with Crippen LogP contribution in [-0.2, 0) is 11.3 Å². The zero-order valence-corrected chi connectivity index (χ0v) is 17.8. The molecule has 0 radical (unpaired) electrons. The maximum absolute atomic E-state index is 12.6. The van der Waals surface area contributed by atoms with Gasteiger partial charge in [-0.05, 0) is 42.7 Å². The number of methoxy groups -OCH3 is 1. The lowest BCUT2D eigenvalue weighted by Crippen LogP contribution is -2.21. The maximum Gasteiger partial charge on any atom is 0.280 e. The highest BCUT2D eigenvalue weighted by Crippen LogP contribution is 2.28. The van der Waals surface area contributed by atoms with Gasteiger partial charge < -0.3 is 21.1 Å². The van der Waals surface area contributed by atoms with E-state index in [-0.39, 0.29) is 24.0 Å². The fourth-order valence-electron chi connectivity index (χ4n) is 2.60. The number of anilines is 3. The van der Waals surface area contributed by atoms with Crippen molar-refractivity contribution in [2.75, 3.05) is 29.7 Å². The molecule has 0 atom stereocenters. The minimum atomic E-state index is -0.604. The van der Waals surface area contributed by atoms with Gasteiger partial charge in [0, 0.05) is 15.6 Å². The van der Waals surface area contributed by atoms with Crippen molar-refractivity contribution in [3.63, 3.8) is 0 Å². The second kappa shape index (κ2) is 9.51. The van der Waals surface area contributed by atoms with E-state index in [0.717, 1.165) is 9.58 Å². The fourth-order valence-corrected chi connectivity index (χ4v) is 3.23. The number of nitrogens with two attached hydrogens (primary N) is 1. The summed E-state index contributed by atoms with van der Waals surface area (Å²) in [5.74, 6) is -0.576. The van der Waals surface area contributed by atoms with Crippen molar-refractivity contribution in [2.45, 2.75) is 11.4 Å². The average molecular weight is 447 g/mol. The Balaban J connectivity index is 1.70. The fraction of sp³-hybridized carbons (Fsp3) is 0.158. The van der Waals surface area contributed by atoms with E-state index >= 15 is 0 Å². The second-order valence-corrected chi connectivity index (χ2v) is 7.38. The molecule has 1 heterocycles. The summed E-state index contributed by atoms with van der Waals surface area (Å²) in [6.07, 6.45) is 1.95. The van der Waals surface area contributed by atoms with Crippen molar-refractivity contribution in [3.8, 4) is 5.75 Å². The Labute approximate surface area is 181 Å². The normalized spacial score (nSPS) is 10.5. The van der Waals surface area contributed by atoms with Crippen molar-refractivity contribution >= 4 is 52.4 Å². The van der Waals surface area contributed by atoms with Crippen molar-refractivity contribution in [2.24, 2.45) is 0 Å². The number of amides is 2. The summed E-state index contributed by atoms with van der Waals surface area (Å²) in [4.78, 5) is 25.9. The van der Waals surface area contributed by atoms with Gasteiger partial charge in [-0.1, -0.05) is 22.9 Å². The maximum atomic E-state index is 12.6. The molecule has 2 amide bonds. The summed E-state index contributed by atoms with van der Waals surface area (Å²) in [5, 5.41) is 13.4. The quantitative estimate of drug-likeness (QED) is 0.476. The van der Waals surface area contributed by atoms with Crippen LogP contribution in [0.2, 0.25) is 5.02 Å². The lowest BCUT2D eigenvalue weighted by atomic mass is 10.2. The first-order valence-electron chi connectivity index (χ1n) is 8.69. The summed E-state index contributed by atoms with van der Waals surface area (Å²) < 4.78 is 6.35. The molecule has 4 N–H and O–H groups in total. The zero-order chi connectivity index (χ0) is 21.7. The third-order valence-corrected chi connectivity index (χ3v) is 5.01. The van der Waals surface area contributed by atoms with Gasteiger partial charge in [0.25, 0.3) is 5.91 Å². The number of thioether (sulfide) groups is 1. The summed E-state index contributed by atoms with van der Waals surface area (Å²) in [6.45, 7) is -0.198. The third-order valence-electron chi connectivity index (χ3n) is 4.05. The van der Waals surface area contributed by atoms with E-state index in [1.165, 1.54) is 13.2 Å². The van der Waals surface area contributed by atoms with Crippen LogP contribution in [0.1, 0.15) is 10.5 Å². The van der Waals surface area contributed by atoms with Crippen LogP contribution in [0.5, 0.6) is 5.75 Å². The lowest BCUT2D eigenvalue weighted by molar-refractivity contribution is -0.116. The molecule has 0 bridgehead atoms. The number of benzene rings is 2. The highest BCUT2D eigenvalue weighted by atomic mass is 35.5. The molecule has 3 aromatic rings. The topological polar surface area (TPSA) is 124 Å². The predicted octanol–water partition coefficient (Wildman–Crippen LogP) is 3.14. The predicted molar refractivity (Wildman–Crippen MR) is 117 cm³/mol. The van der Waals surface area contributed by atoms with E-state index in [9.17, 15) is 9.59 Å². The van der Waals surface area contributed by atoms with Gasteiger partial charge in [-0.2, -0.15) is 0 Å². The molecule has 3 rings (SSSR count). The third kappa shape index (κ3) is 5.02. The van der Waals surface area contributed by atoms with Gasteiger partial charge in [0.15, 0.2) is 11.5 Å². The molecule has 1 aromatic heterocycles. The number of nitrogen functional groups attached to an aromatic ring is 1. The first kappa shape index (κ1) is 21.5. The minimum absolute atomic E-state index is 0.0403. The minimum Gasteiger partial charge on any atom is -0.495 e. The number of carbonyl (C=O) groups excluding carboxylic acids is 2. The molecule has 0 fully saturated rings. The van der Waals surface area contributed by atoms with Crippen LogP contribution in [0.15, 0.2) is 47.4 Å². The highest BCUT2D eigenvalue weighted by Gasteiger charge is 2.20. The summed E-state index contributed by atoms with van der Waals surface area (Å²) >= 11 is 7.54. The Bertz CT molecular complexity index is 1090. The average Bonchev–Trinajstić information content (AvgIpc) is 3.08. The number of aromatic nitrogens is 3. The molecule has 0 aliphatic rings. The van der Waals surface area contributed by atoms with Crippen LogP contribution >= 0.6 is 23.4 Å². The summed E-state index contributed by atoms with van der Waals surface area (Å²) in [7, 11) is 1.47. The Kier molecular flexibility index (Phi) is 6.80. The second-order valence-electron chi connectivity index (χ2n) is 6.06. The first-order chi connectivity index (χ1) is 14.4. The summed E-state index contributed by atoms with van der Waals surface area (Å²) in [5.41, 5.74) is 6.87. The van der Waals surface area contributed by atoms with Crippen LogP contribution < -0.4 is 21.1 Å². The Morgan fingerprint density at radius 2 is 2.03 bits per heavy atom. The van der Waals surface area contributed by atoms with Gasteiger partial charge >= 0.3 is 0 Å². The van der Waals surface area contributed by atoms with Gasteiger partial charge in [0.1, 0.15) is 12.3 Å². The van der Waals surface area contributed by atoms with Crippen molar-refractivity contribution < 1.29 is 14.3 Å². The number of nitrogens with zero attached hydrogens (tertiary/aromatic N) is 3. The SMILES string of the molecule is COc1ccc(Cl)cc1NC(=O)c1nnn(CC(=O)Nc2cccc(SC)c2)c1N. The standard InChI is InChI=1S/C19H19ClN6O3S/c1-29-15-7-6-11(20)8-14(15)23-19(28)17-18(21)26(25-24-17)10-16(27)22-12-4-3-5-13(9-12)30-2/h3-9H,10,21H2,1-2H3,(H,22,27)(H,23,28). The van der Waals surface area contributed by atoms with Gasteiger partial charge in [-0.25, -0.2) is 4.68 Å². The number of rotatable bonds is 7. The van der Waals surface area contributed by atoms with Crippen molar-refractivity contribution in [1.29, 1.82) is 0 Å². The van der Waals surface area contributed by atoms with E-state index in [2.05, 4.69) is 20.9 Å². The Morgan fingerprint density at radius 3 is 2.77 bits per heavy atom. The van der Waals surface area contributed by atoms with Gasteiger partial charge in [0.05, 0.1) is 12.8 Å². The molecule has 0 aliphatic carbocycles. The number of hydrogen-bond acceptors (Lipinski definition) is 7. The van der Waals surface area contributed by atoms with E-state index in [1.54, 1.807) is 30.0 Å². The molecular formula is C19H19ClN6O3S. The molecule has 9 nitrogen and oxygen atoms in total. The van der Waals surface area contributed by atoms with E-state index < -0.39 is 5.91 Å². The molecule has 0 saturated heterocycles. The monoisotopic (exact) mass is 446 g/mol. The Hall–Kier alpha value is -3.24. The first-order valence-corrected chi connectivity index (χ1v) is 10.3. The molecule has 0 aliphatic heterocycles. The Morgan fingerprint density at radius 1 is 1.23 bits per heavy atom. The highest BCUT2D eigenvalue weighted by molar-refractivity contribution is 7.98. The zero-order valence-electron chi connectivity index (χ0n) is 16.2. The van der Waals surface area contributed by atoms with Crippen LogP contribution in [0.4, 0.5) is 17.2 Å². The number of nitrogens with one attached hydrogen (secondary N) is 2. The molecule has 2 aromatic carbocycles. The molecule has 0 spiro atoms. The van der Waals surface area contributed by atoms with Crippen LogP contribution in [0, 0.1) is 0 Å². The van der Waals surface area contributed by atoms with Crippen LogP contribution in [0.3, 0.4) is 0 Å². The molecule has 0 saturated carbocycles. The molecular weight excluding hydrogens is 428 g/mol. The van der Waals surface area contributed by atoms with Crippen molar-refractivity contribution in [3.05, 3.63) is 53.2 Å². The van der Waals surface area contributed by atoms with Gasteiger partial charge in [-0.3, -0.25) is 9.59 Å². The number of hydrogen-bond donors (Lipinski definition) is 3. The van der Waals surface area contributed by atoms with Crippen LogP contribution in [0.25, 0.3) is 0 Å². The number of halogens is 1. The molecule has 11 heteroatoms. The van der Waals surface area contributed by atoms with E-state index in [4.69, 9.17) is 22.1 Å². The number of carbonyl (C=O) groups is 2. The number of ether oxygens (including phenoxy) is 1. The van der Waals surface area contributed by atoms with E-state index in [0.29, 0.717) is 22.1 Å². The van der Waals surface area contributed by atoms with Gasteiger partial charge in [0.2, 0.25) is 5.91 Å². The largest absolute Gasteiger partial charge is 0.495 e. The van der Waals surface area contributed by atoms with E-state index in [1.807, 2.05) is 24.5 Å². The summed E-state index contributed by atoms with van der Waals surface area (Å²) in [6, 6.07) is 12.2. The van der Waals surface area contributed by atoms with Crippen LogP contribution in [-0.4, -0.2) is 40.2 Å².